The van der Waals surface area contributed by atoms with Crippen LogP contribution in [0.3, 0.4) is 0 Å². The largest absolute Gasteiger partial charge is 0.342 e. The zero-order valence-electron chi connectivity index (χ0n) is 18.2. The Labute approximate surface area is 192 Å². The van der Waals surface area contributed by atoms with Gasteiger partial charge in [0, 0.05) is 16.9 Å². The van der Waals surface area contributed by atoms with E-state index >= 15 is 0 Å². The first-order valence-electron chi connectivity index (χ1n) is 10.8. The first kappa shape index (κ1) is 21.8. The fraction of sp³-hybridized carbons (Fsp3) is 0.115. The fourth-order valence-electron chi connectivity index (χ4n) is 3.40. The Morgan fingerprint density at radius 1 is 0.848 bits per heavy atom. The van der Waals surface area contributed by atoms with E-state index in [1.54, 1.807) is 42.6 Å². The lowest BCUT2D eigenvalue weighted by molar-refractivity contribution is 0.0934. The molecule has 7 heteroatoms. The van der Waals surface area contributed by atoms with Crippen LogP contribution in [0.2, 0.25) is 0 Å². The molecule has 1 aromatic heterocycles. The number of H-pyrrole nitrogens is 1. The maximum atomic E-state index is 12.8. The van der Waals surface area contributed by atoms with Crippen molar-refractivity contribution in [2.45, 2.75) is 19.4 Å². The Morgan fingerprint density at radius 2 is 1.45 bits per heavy atom. The van der Waals surface area contributed by atoms with Gasteiger partial charge in [0.15, 0.2) is 0 Å². The van der Waals surface area contributed by atoms with Crippen LogP contribution >= 0.6 is 0 Å². The van der Waals surface area contributed by atoms with Gasteiger partial charge in [-0.2, -0.15) is 0 Å². The van der Waals surface area contributed by atoms with Crippen LogP contribution in [-0.4, -0.2) is 21.9 Å². The van der Waals surface area contributed by atoms with E-state index in [0.29, 0.717) is 29.2 Å². The number of hydrogen-bond donors (Lipinski definition) is 4. The molecular formula is C26H25N5O2. The molecule has 0 aliphatic heterocycles. The van der Waals surface area contributed by atoms with Crippen molar-refractivity contribution in [3.63, 3.8) is 0 Å². The van der Waals surface area contributed by atoms with Gasteiger partial charge >= 0.3 is 6.03 Å². The number of rotatable bonds is 7. The fourth-order valence-corrected chi connectivity index (χ4v) is 3.40. The molecule has 0 fully saturated rings. The first-order valence-corrected chi connectivity index (χ1v) is 10.8. The number of carbonyl (C=O) groups is 2. The number of para-hydroxylation sites is 1. The number of aromatic amines is 1. The van der Waals surface area contributed by atoms with Crippen LogP contribution < -0.4 is 16.0 Å². The monoisotopic (exact) mass is 439 g/mol. The molecule has 0 saturated heterocycles. The first-order chi connectivity index (χ1) is 16.1. The van der Waals surface area contributed by atoms with Crippen molar-refractivity contribution in [2.75, 3.05) is 10.6 Å². The molecule has 0 aliphatic carbocycles. The predicted molar refractivity (Wildman–Crippen MR) is 130 cm³/mol. The number of aromatic nitrogens is 2. The second-order valence-electron chi connectivity index (χ2n) is 7.50. The van der Waals surface area contributed by atoms with Crippen LogP contribution in [0.15, 0.2) is 91.1 Å². The van der Waals surface area contributed by atoms with Gasteiger partial charge in [-0.15, -0.1) is 0 Å². The Balaban J connectivity index is 1.36. The third kappa shape index (κ3) is 5.65. The molecular weight excluding hydrogens is 414 g/mol. The average molecular weight is 440 g/mol. The number of carbonyl (C=O) groups excluding carboxylic acids is 2. The van der Waals surface area contributed by atoms with E-state index in [2.05, 4.69) is 25.9 Å². The maximum Gasteiger partial charge on any atom is 0.323 e. The maximum absolute atomic E-state index is 12.8. The second kappa shape index (κ2) is 10.3. The van der Waals surface area contributed by atoms with Crippen molar-refractivity contribution in [1.82, 2.24) is 15.3 Å². The lowest BCUT2D eigenvalue weighted by Gasteiger charge is -2.15. The minimum Gasteiger partial charge on any atom is -0.342 e. The van der Waals surface area contributed by atoms with Gasteiger partial charge in [0.25, 0.3) is 5.91 Å². The quantitative estimate of drug-likeness (QED) is 0.301. The van der Waals surface area contributed by atoms with Crippen molar-refractivity contribution in [3.05, 3.63) is 103 Å². The summed E-state index contributed by atoms with van der Waals surface area (Å²) >= 11 is 0. The van der Waals surface area contributed by atoms with E-state index in [1.165, 1.54) is 0 Å². The number of nitrogens with zero attached hydrogens (tertiary/aromatic N) is 1. The Morgan fingerprint density at radius 3 is 2.09 bits per heavy atom. The minimum absolute atomic E-state index is 0.209. The van der Waals surface area contributed by atoms with Crippen LogP contribution in [-0.2, 0) is 0 Å². The lowest BCUT2D eigenvalue weighted by Crippen LogP contribution is -2.29. The van der Waals surface area contributed by atoms with Crippen molar-refractivity contribution < 1.29 is 9.59 Å². The molecule has 0 saturated carbocycles. The third-order valence-electron chi connectivity index (χ3n) is 5.16. The van der Waals surface area contributed by atoms with Crippen molar-refractivity contribution >= 4 is 23.3 Å². The second-order valence-corrected chi connectivity index (χ2v) is 7.50. The Hall–Kier alpha value is -4.39. The molecule has 1 heterocycles. The molecule has 0 bridgehead atoms. The van der Waals surface area contributed by atoms with E-state index in [9.17, 15) is 9.59 Å². The topological polar surface area (TPSA) is 98.9 Å². The molecule has 4 aromatic rings. The van der Waals surface area contributed by atoms with Gasteiger partial charge < -0.3 is 20.9 Å². The molecule has 1 atom stereocenters. The van der Waals surface area contributed by atoms with E-state index in [1.807, 2.05) is 55.5 Å². The van der Waals surface area contributed by atoms with Gasteiger partial charge in [-0.1, -0.05) is 55.5 Å². The number of anilines is 2. The van der Waals surface area contributed by atoms with Gasteiger partial charge in [-0.25, -0.2) is 9.78 Å². The number of benzene rings is 3. The van der Waals surface area contributed by atoms with Crippen molar-refractivity contribution in [1.29, 1.82) is 0 Å². The van der Waals surface area contributed by atoms with Gasteiger partial charge in [0.05, 0.1) is 17.9 Å². The lowest BCUT2D eigenvalue weighted by atomic mass is 10.1. The molecule has 4 rings (SSSR count). The summed E-state index contributed by atoms with van der Waals surface area (Å²) in [6.45, 7) is 1.99. The molecule has 33 heavy (non-hydrogen) atoms. The highest BCUT2D eigenvalue weighted by atomic mass is 16.2. The summed E-state index contributed by atoms with van der Waals surface area (Å²) in [5, 5.41) is 8.53. The van der Waals surface area contributed by atoms with Crippen LogP contribution in [0.4, 0.5) is 16.2 Å². The van der Waals surface area contributed by atoms with E-state index in [0.717, 1.165) is 11.3 Å². The molecule has 4 N–H and O–H groups in total. The molecule has 166 valence electrons. The molecule has 3 aromatic carbocycles. The summed E-state index contributed by atoms with van der Waals surface area (Å²) < 4.78 is 0. The van der Waals surface area contributed by atoms with Crippen LogP contribution in [0.5, 0.6) is 0 Å². The highest BCUT2D eigenvalue weighted by Gasteiger charge is 2.17. The Kier molecular flexibility index (Phi) is 6.80. The summed E-state index contributed by atoms with van der Waals surface area (Å²) in [6, 6.07) is 25.2. The average Bonchev–Trinajstić information content (AvgIpc) is 3.34. The number of nitrogens with one attached hydrogen (secondary N) is 4. The van der Waals surface area contributed by atoms with Crippen molar-refractivity contribution in [2.24, 2.45) is 0 Å². The molecule has 1 unspecified atom stereocenters. The van der Waals surface area contributed by atoms with Gasteiger partial charge in [-0.3, -0.25) is 4.79 Å². The molecule has 0 aliphatic rings. The normalized spacial score (nSPS) is 11.4. The highest BCUT2D eigenvalue weighted by Crippen LogP contribution is 2.21. The molecule has 0 spiro atoms. The summed E-state index contributed by atoms with van der Waals surface area (Å²) in [7, 11) is 0. The SMILES string of the molecule is CCC(NC(=O)c1ccc(NC(=O)Nc2ccccc2)cc1)c1ncc(-c2ccccc2)[nH]1. The smallest absolute Gasteiger partial charge is 0.323 e. The Bertz CT molecular complexity index is 1200. The standard InChI is InChI=1S/C26H25N5O2/c1-2-22(24-27-17-23(30-24)18-9-5-3-6-10-18)31-25(32)19-13-15-21(16-14-19)29-26(33)28-20-11-7-4-8-12-20/h3-17,22H,2H2,1H3,(H,27,30)(H,31,32)(H2,28,29,33). The van der Waals surface area contributed by atoms with Gasteiger partial charge in [0.1, 0.15) is 5.82 Å². The van der Waals surface area contributed by atoms with Gasteiger partial charge in [0.2, 0.25) is 0 Å². The summed E-state index contributed by atoms with van der Waals surface area (Å²) in [5.74, 6) is 0.500. The number of imidazole rings is 1. The van der Waals surface area contributed by atoms with Crippen molar-refractivity contribution in [3.8, 4) is 11.3 Å². The molecule has 0 radical (unpaired) electrons. The molecule has 3 amide bonds. The van der Waals surface area contributed by atoms with E-state index in [4.69, 9.17) is 0 Å². The predicted octanol–water partition coefficient (Wildman–Crippen LogP) is 5.60. The summed E-state index contributed by atoms with van der Waals surface area (Å²) in [5.41, 5.74) is 3.73. The van der Waals surface area contributed by atoms with Gasteiger partial charge in [-0.05, 0) is 48.4 Å². The number of urea groups is 1. The van der Waals surface area contributed by atoms with E-state index in [-0.39, 0.29) is 18.0 Å². The highest BCUT2D eigenvalue weighted by molar-refractivity contribution is 6.00. The number of hydrogen-bond acceptors (Lipinski definition) is 3. The minimum atomic E-state index is -0.350. The van der Waals surface area contributed by atoms with Crippen LogP contribution in [0.1, 0.15) is 35.6 Å². The zero-order chi connectivity index (χ0) is 23.0. The van der Waals surface area contributed by atoms with Crippen LogP contribution in [0, 0.1) is 0 Å². The molecule has 7 nitrogen and oxygen atoms in total. The third-order valence-corrected chi connectivity index (χ3v) is 5.16. The van der Waals surface area contributed by atoms with Crippen LogP contribution in [0.25, 0.3) is 11.3 Å². The summed E-state index contributed by atoms with van der Waals surface area (Å²) in [6.07, 6.45) is 2.47. The summed E-state index contributed by atoms with van der Waals surface area (Å²) in [4.78, 5) is 32.7. The van der Waals surface area contributed by atoms with E-state index < -0.39 is 0 Å². The number of amides is 3. The zero-order valence-corrected chi connectivity index (χ0v) is 18.2.